The van der Waals surface area contributed by atoms with Crippen molar-refractivity contribution in [3.63, 3.8) is 0 Å². The van der Waals surface area contributed by atoms with Crippen LogP contribution in [0.25, 0.3) is 0 Å². The van der Waals surface area contributed by atoms with Gasteiger partial charge in [-0.2, -0.15) is 10.4 Å². The molecular formula is C14H22ClN3O2S. The van der Waals surface area contributed by atoms with Crippen molar-refractivity contribution in [3.8, 4) is 6.07 Å². The summed E-state index contributed by atoms with van der Waals surface area (Å²) in [5, 5.41) is 13.4. The van der Waals surface area contributed by atoms with Gasteiger partial charge in [-0.15, -0.1) is 0 Å². The summed E-state index contributed by atoms with van der Waals surface area (Å²) in [7, 11) is 1.76. The van der Waals surface area contributed by atoms with Crippen molar-refractivity contribution < 1.29 is 8.42 Å². The Hall–Kier alpha value is -1.06. The molecule has 0 spiro atoms. The molecule has 1 rings (SSSR count). The zero-order chi connectivity index (χ0) is 16.3. The van der Waals surface area contributed by atoms with E-state index in [-0.39, 0.29) is 10.3 Å². The summed E-state index contributed by atoms with van der Waals surface area (Å²) >= 11 is 0. The van der Waals surface area contributed by atoms with Gasteiger partial charge in [-0.25, -0.2) is 8.42 Å². The number of aromatic nitrogens is 2. The van der Waals surface area contributed by atoms with E-state index < -0.39 is 9.05 Å². The summed E-state index contributed by atoms with van der Waals surface area (Å²) in [5.74, 6) is 0. The van der Waals surface area contributed by atoms with E-state index in [1.54, 1.807) is 4.68 Å². The van der Waals surface area contributed by atoms with Gasteiger partial charge in [0.25, 0.3) is 9.05 Å². The van der Waals surface area contributed by atoms with Gasteiger partial charge in [-0.1, -0.05) is 13.8 Å². The molecule has 1 heterocycles. The predicted octanol–water partition coefficient (Wildman–Crippen LogP) is 3.27. The van der Waals surface area contributed by atoms with Crippen LogP contribution in [-0.2, 0) is 28.4 Å². The van der Waals surface area contributed by atoms with Gasteiger partial charge >= 0.3 is 0 Å². The SMILES string of the molecule is CCc1nn(CCCC(C)(C)C#N)c(CC)c1S(=O)(=O)Cl. The Balaban J connectivity index is 3.05. The number of aryl methyl sites for hydroxylation is 2. The lowest BCUT2D eigenvalue weighted by molar-refractivity contribution is 0.403. The molecule has 0 amide bonds. The second-order valence-corrected chi connectivity index (χ2v) is 8.19. The smallest absolute Gasteiger partial charge is 0.264 e. The normalized spacial score (nSPS) is 12.4. The highest BCUT2D eigenvalue weighted by molar-refractivity contribution is 8.13. The molecule has 0 atom stereocenters. The van der Waals surface area contributed by atoms with Crippen molar-refractivity contribution >= 4 is 19.7 Å². The summed E-state index contributed by atoms with van der Waals surface area (Å²) < 4.78 is 25.2. The molecule has 0 aromatic carbocycles. The molecule has 0 unspecified atom stereocenters. The molecule has 0 saturated carbocycles. The average Bonchev–Trinajstić information content (AvgIpc) is 2.76. The highest BCUT2D eigenvalue weighted by atomic mass is 35.7. The number of nitrogens with zero attached hydrogens (tertiary/aromatic N) is 3. The van der Waals surface area contributed by atoms with Crippen molar-refractivity contribution in [1.82, 2.24) is 9.78 Å². The Labute approximate surface area is 131 Å². The van der Waals surface area contributed by atoms with E-state index in [2.05, 4.69) is 11.2 Å². The maximum atomic E-state index is 11.8. The lowest BCUT2D eigenvalue weighted by atomic mass is 9.90. The molecule has 0 saturated heterocycles. The Morgan fingerprint density at radius 1 is 1.33 bits per heavy atom. The fourth-order valence-electron chi connectivity index (χ4n) is 2.30. The van der Waals surface area contributed by atoms with Crippen molar-refractivity contribution in [2.75, 3.05) is 0 Å². The average molecular weight is 332 g/mol. The predicted molar refractivity (Wildman–Crippen MR) is 82.6 cm³/mol. The van der Waals surface area contributed by atoms with Crippen LogP contribution in [0.2, 0.25) is 0 Å². The summed E-state index contributed by atoms with van der Waals surface area (Å²) in [6, 6.07) is 2.26. The van der Waals surface area contributed by atoms with Gasteiger partial charge in [-0.05, 0) is 39.5 Å². The topological polar surface area (TPSA) is 75.8 Å². The Morgan fingerprint density at radius 2 is 1.95 bits per heavy atom. The summed E-state index contributed by atoms with van der Waals surface area (Å²) in [6.07, 6.45) is 2.57. The first kappa shape index (κ1) is 18.0. The second kappa shape index (κ2) is 6.80. The third-order valence-corrected chi connectivity index (χ3v) is 4.89. The van der Waals surface area contributed by atoms with Gasteiger partial charge < -0.3 is 0 Å². The number of rotatable bonds is 7. The minimum atomic E-state index is -3.79. The fraction of sp³-hybridized carbons (Fsp3) is 0.714. The minimum absolute atomic E-state index is 0.161. The van der Waals surface area contributed by atoms with Crippen LogP contribution in [0, 0.1) is 16.7 Å². The standard InChI is InChI=1S/C14H22ClN3O2S/c1-5-11-13(21(15,19)20)12(6-2)18(17-11)9-7-8-14(3,4)10-16/h5-9H2,1-4H3. The Kier molecular flexibility index (Phi) is 5.83. The molecule has 118 valence electrons. The maximum Gasteiger partial charge on any atom is 0.264 e. The molecule has 1 aromatic rings. The van der Waals surface area contributed by atoms with Crippen LogP contribution >= 0.6 is 10.7 Å². The second-order valence-electron chi connectivity index (χ2n) is 5.69. The molecule has 0 bridgehead atoms. The van der Waals surface area contributed by atoms with Gasteiger partial charge in [0.1, 0.15) is 4.90 Å². The molecular weight excluding hydrogens is 310 g/mol. The molecule has 7 heteroatoms. The van der Waals surface area contributed by atoms with Gasteiger partial charge in [0.05, 0.1) is 22.9 Å². The third-order valence-electron chi connectivity index (χ3n) is 3.47. The lowest BCUT2D eigenvalue weighted by Gasteiger charge is -2.15. The molecule has 0 aliphatic heterocycles. The van der Waals surface area contributed by atoms with E-state index in [0.717, 1.165) is 12.8 Å². The van der Waals surface area contributed by atoms with E-state index in [1.807, 2.05) is 27.7 Å². The van der Waals surface area contributed by atoms with Gasteiger partial charge in [-0.3, -0.25) is 4.68 Å². The molecule has 0 N–H and O–H groups in total. The van der Waals surface area contributed by atoms with Gasteiger partial charge in [0, 0.05) is 17.2 Å². The maximum absolute atomic E-state index is 11.8. The highest BCUT2D eigenvalue weighted by Gasteiger charge is 2.25. The van der Waals surface area contributed by atoms with Gasteiger partial charge in [0.2, 0.25) is 0 Å². The minimum Gasteiger partial charge on any atom is -0.268 e. The molecule has 5 nitrogen and oxygen atoms in total. The largest absolute Gasteiger partial charge is 0.268 e. The first-order valence-electron chi connectivity index (χ1n) is 7.10. The zero-order valence-electron chi connectivity index (χ0n) is 13.0. The lowest BCUT2D eigenvalue weighted by Crippen LogP contribution is -2.12. The van der Waals surface area contributed by atoms with Crippen molar-refractivity contribution in [2.24, 2.45) is 5.41 Å². The number of hydrogen-bond donors (Lipinski definition) is 0. The van der Waals surface area contributed by atoms with E-state index >= 15 is 0 Å². The van der Waals surface area contributed by atoms with Gasteiger partial charge in [0.15, 0.2) is 0 Å². The molecule has 0 radical (unpaired) electrons. The number of halogens is 1. The first-order chi connectivity index (χ1) is 9.66. The van der Waals surface area contributed by atoms with E-state index in [4.69, 9.17) is 15.9 Å². The molecule has 1 aromatic heterocycles. The highest BCUT2D eigenvalue weighted by Crippen LogP contribution is 2.27. The third kappa shape index (κ3) is 4.45. The summed E-state index contributed by atoms with van der Waals surface area (Å²) in [4.78, 5) is 0.161. The van der Waals surface area contributed by atoms with E-state index in [0.29, 0.717) is 30.8 Å². The van der Waals surface area contributed by atoms with Crippen molar-refractivity contribution in [2.45, 2.75) is 64.8 Å². The Bertz CT molecular complexity index is 642. The molecule has 0 fully saturated rings. The van der Waals surface area contributed by atoms with Crippen LogP contribution in [-0.4, -0.2) is 18.2 Å². The monoisotopic (exact) mass is 331 g/mol. The van der Waals surface area contributed by atoms with E-state index in [9.17, 15) is 8.42 Å². The number of nitriles is 1. The van der Waals surface area contributed by atoms with Crippen LogP contribution in [0.4, 0.5) is 0 Å². The van der Waals surface area contributed by atoms with E-state index in [1.165, 1.54) is 0 Å². The summed E-state index contributed by atoms with van der Waals surface area (Å²) in [6.45, 7) is 8.12. The van der Waals surface area contributed by atoms with Crippen molar-refractivity contribution in [3.05, 3.63) is 11.4 Å². The van der Waals surface area contributed by atoms with Crippen LogP contribution in [0.1, 0.15) is 51.9 Å². The van der Waals surface area contributed by atoms with Crippen molar-refractivity contribution in [1.29, 1.82) is 5.26 Å². The molecule has 21 heavy (non-hydrogen) atoms. The molecule has 0 aliphatic carbocycles. The Morgan fingerprint density at radius 3 is 2.38 bits per heavy atom. The van der Waals surface area contributed by atoms with Crippen LogP contribution in [0.5, 0.6) is 0 Å². The first-order valence-corrected chi connectivity index (χ1v) is 9.41. The van der Waals surface area contributed by atoms with Crippen LogP contribution in [0.3, 0.4) is 0 Å². The van der Waals surface area contributed by atoms with Crippen LogP contribution in [0.15, 0.2) is 4.90 Å². The quantitative estimate of drug-likeness (QED) is 0.718. The number of hydrogen-bond acceptors (Lipinski definition) is 4. The zero-order valence-corrected chi connectivity index (χ0v) is 14.6. The fourth-order valence-corrected chi connectivity index (χ4v) is 3.83. The molecule has 0 aliphatic rings. The van der Waals surface area contributed by atoms with Crippen LogP contribution < -0.4 is 0 Å². The summed E-state index contributed by atoms with van der Waals surface area (Å²) in [5.41, 5.74) is 0.784.